The molecule has 0 radical (unpaired) electrons. The quantitative estimate of drug-likeness (QED) is 0.553. The first-order valence-corrected chi connectivity index (χ1v) is 10.4. The molecule has 4 aromatic rings. The third-order valence-electron chi connectivity index (χ3n) is 6.07. The highest BCUT2D eigenvalue weighted by atomic mass is 16.2. The zero-order valence-corrected chi connectivity index (χ0v) is 17.2. The van der Waals surface area contributed by atoms with Crippen molar-refractivity contribution >= 4 is 16.8 Å². The number of H-pyrrole nitrogens is 1. The van der Waals surface area contributed by atoms with Crippen molar-refractivity contribution in [1.82, 2.24) is 24.9 Å². The number of carbonyl (C=O) groups excluding carboxylic acids is 1. The monoisotopic (exact) mass is 410 g/mol. The van der Waals surface area contributed by atoms with Crippen LogP contribution in [0.2, 0.25) is 0 Å². The number of aromatic nitrogens is 4. The van der Waals surface area contributed by atoms with Gasteiger partial charge < -0.3 is 4.90 Å². The Bertz CT molecular complexity index is 1280. The average Bonchev–Trinajstić information content (AvgIpc) is 3.54. The van der Waals surface area contributed by atoms with E-state index in [1.54, 1.807) is 24.3 Å². The van der Waals surface area contributed by atoms with Crippen LogP contribution in [-0.4, -0.2) is 43.4 Å². The molecule has 31 heavy (non-hydrogen) atoms. The van der Waals surface area contributed by atoms with Crippen molar-refractivity contribution in [3.05, 3.63) is 72.2 Å². The van der Waals surface area contributed by atoms with Gasteiger partial charge in [-0.25, -0.2) is 0 Å². The minimum atomic E-state index is -0.0119. The number of hydrogen-bond donors (Lipinski definition) is 1. The molecule has 2 atom stereocenters. The van der Waals surface area contributed by atoms with Gasteiger partial charge in [0.1, 0.15) is 0 Å². The Morgan fingerprint density at radius 3 is 2.94 bits per heavy atom. The summed E-state index contributed by atoms with van der Waals surface area (Å²) in [5.41, 5.74) is 4.32. The van der Waals surface area contributed by atoms with Crippen LogP contribution in [0, 0.1) is 17.2 Å². The molecule has 3 heterocycles. The summed E-state index contributed by atoms with van der Waals surface area (Å²) in [7, 11) is 0. The van der Waals surface area contributed by atoms with Crippen LogP contribution in [0.1, 0.15) is 29.3 Å². The van der Waals surface area contributed by atoms with E-state index in [1.807, 2.05) is 28.2 Å². The minimum absolute atomic E-state index is 0.0119. The van der Waals surface area contributed by atoms with E-state index in [2.05, 4.69) is 46.5 Å². The van der Waals surface area contributed by atoms with E-state index in [1.165, 1.54) is 0 Å². The van der Waals surface area contributed by atoms with Crippen LogP contribution in [-0.2, 0) is 6.54 Å². The van der Waals surface area contributed by atoms with E-state index in [9.17, 15) is 4.79 Å². The van der Waals surface area contributed by atoms with Crippen LogP contribution in [0.25, 0.3) is 22.0 Å². The van der Waals surface area contributed by atoms with Gasteiger partial charge in [0.05, 0.1) is 29.5 Å². The lowest BCUT2D eigenvalue weighted by atomic mass is 10.1. The number of carbonyl (C=O) groups is 1. The lowest BCUT2D eigenvalue weighted by Gasteiger charge is -2.21. The molecule has 1 saturated heterocycles. The second-order valence-corrected chi connectivity index (χ2v) is 8.19. The number of rotatable bonds is 4. The standard InChI is InChI=1S/C24H22N6O/c1-16-7-18(14-29(16)24(31)20-4-2-3-17(8-20)10-25)15-30-23-6-5-19(9-21(23)13-28-30)22-11-26-27-12-22/h2-6,8-9,11-13,16,18H,7,14-15H2,1H3,(H,26,27)/t16-,18?/m0/s1. The molecule has 1 aliphatic rings. The maximum absolute atomic E-state index is 13.0. The maximum Gasteiger partial charge on any atom is 0.254 e. The maximum atomic E-state index is 13.0. The van der Waals surface area contributed by atoms with E-state index in [4.69, 9.17) is 5.26 Å². The second-order valence-electron chi connectivity index (χ2n) is 8.19. The van der Waals surface area contributed by atoms with Crippen molar-refractivity contribution in [2.75, 3.05) is 6.54 Å². The van der Waals surface area contributed by atoms with Gasteiger partial charge in [0, 0.05) is 41.8 Å². The third kappa shape index (κ3) is 3.57. The SMILES string of the molecule is C[C@H]1CC(Cn2ncc3cc(-c4cn[nH]c4)ccc32)CN1C(=O)c1cccc(C#N)c1. The Kier molecular flexibility index (Phi) is 4.75. The molecule has 1 amide bonds. The molecule has 154 valence electrons. The molecule has 0 saturated carbocycles. The lowest BCUT2D eigenvalue weighted by molar-refractivity contribution is 0.0742. The summed E-state index contributed by atoms with van der Waals surface area (Å²) >= 11 is 0. The number of amides is 1. The third-order valence-corrected chi connectivity index (χ3v) is 6.07. The van der Waals surface area contributed by atoms with Gasteiger partial charge >= 0.3 is 0 Å². The first-order chi connectivity index (χ1) is 15.1. The van der Waals surface area contributed by atoms with E-state index in [0.29, 0.717) is 23.6 Å². The molecular formula is C24H22N6O. The number of aromatic amines is 1. The molecule has 1 fully saturated rings. The summed E-state index contributed by atoms with van der Waals surface area (Å²) in [5, 5.41) is 21.7. The molecule has 0 spiro atoms. The Hall–Kier alpha value is -3.92. The van der Waals surface area contributed by atoms with Crippen LogP contribution in [0.4, 0.5) is 0 Å². The van der Waals surface area contributed by atoms with Crippen molar-refractivity contribution in [3.63, 3.8) is 0 Å². The first-order valence-electron chi connectivity index (χ1n) is 10.4. The molecule has 7 heteroatoms. The van der Waals surface area contributed by atoms with Crippen LogP contribution in [0.5, 0.6) is 0 Å². The Morgan fingerprint density at radius 1 is 1.23 bits per heavy atom. The number of likely N-dealkylation sites (tertiary alicyclic amines) is 1. The minimum Gasteiger partial charge on any atom is -0.336 e. The second kappa shape index (κ2) is 7.73. The highest BCUT2D eigenvalue weighted by Crippen LogP contribution is 2.29. The lowest BCUT2D eigenvalue weighted by Crippen LogP contribution is -2.34. The Morgan fingerprint density at radius 2 is 2.13 bits per heavy atom. The van der Waals surface area contributed by atoms with Crippen molar-refractivity contribution in [2.45, 2.75) is 25.9 Å². The van der Waals surface area contributed by atoms with E-state index < -0.39 is 0 Å². The zero-order chi connectivity index (χ0) is 21.4. The van der Waals surface area contributed by atoms with Crippen molar-refractivity contribution in [2.24, 2.45) is 5.92 Å². The van der Waals surface area contributed by atoms with E-state index >= 15 is 0 Å². The molecule has 1 N–H and O–H groups in total. The summed E-state index contributed by atoms with van der Waals surface area (Å²) in [6.07, 6.45) is 6.51. The van der Waals surface area contributed by atoms with E-state index in [0.717, 1.165) is 35.0 Å². The van der Waals surface area contributed by atoms with Gasteiger partial charge in [-0.05, 0) is 55.2 Å². The fourth-order valence-electron chi connectivity index (χ4n) is 4.51. The predicted molar refractivity (Wildman–Crippen MR) is 117 cm³/mol. The topological polar surface area (TPSA) is 90.6 Å². The molecule has 5 rings (SSSR count). The summed E-state index contributed by atoms with van der Waals surface area (Å²) in [4.78, 5) is 14.9. The average molecular weight is 410 g/mol. The summed E-state index contributed by atoms with van der Waals surface area (Å²) in [6.45, 7) is 3.54. The number of benzene rings is 2. The summed E-state index contributed by atoms with van der Waals surface area (Å²) in [6, 6.07) is 15.5. The molecule has 7 nitrogen and oxygen atoms in total. The van der Waals surface area contributed by atoms with Gasteiger partial charge in [-0.3, -0.25) is 14.6 Å². The highest BCUT2D eigenvalue weighted by Gasteiger charge is 2.33. The molecular weight excluding hydrogens is 388 g/mol. The summed E-state index contributed by atoms with van der Waals surface area (Å²) < 4.78 is 2.04. The molecule has 1 aliphatic heterocycles. The Labute approximate surface area is 179 Å². The van der Waals surface area contributed by atoms with Crippen LogP contribution in [0.15, 0.2) is 61.1 Å². The highest BCUT2D eigenvalue weighted by molar-refractivity contribution is 5.95. The first kappa shape index (κ1) is 19.1. The fourth-order valence-corrected chi connectivity index (χ4v) is 4.51. The van der Waals surface area contributed by atoms with Gasteiger partial charge in [-0.2, -0.15) is 15.5 Å². The predicted octanol–water partition coefficient (Wildman–Crippen LogP) is 3.85. The molecule has 0 bridgehead atoms. The van der Waals surface area contributed by atoms with Gasteiger partial charge in [-0.15, -0.1) is 0 Å². The number of hydrogen-bond acceptors (Lipinski definition) is 4. The van der Waals surface area contributed by atoms with Gasteiger partial charge in [0.15, 0.2) is 0 Å². The zero-order valence-electron chi connectivity index (χ0n) is 17.2. The van der Waals surface area contributed by atoms with Gasteiger partial charge in [-0.1, -0.05) is 12.1 Å². The van der Waals surface area contributed by atoms with Crippen LogP contribution >= 0.6 is 0 Å². The van der Waals surface area contributed by atoms with Crippen LogP contribution in [0.3, 0.4) is 0 Å². The molecule has 2 aromatic heterocycles. The largest absolute Gasteiger partial charge is 0.336 e. The molecule has 1 unspecified atom stereocenters. The summed E-state index contributed by atoms with van der Waals surface area (Å²) in [5.74, 6) is 0.317. The number of fused-ring (bicyclic) bond motifs is 1. The molecule has 2 aromatic carbocycles. The number of nitriles is 1. The van der Waals surface area contributed by atoms with Gasteiger partial charge in [0.2, 0.25) is 0 Å². The van der Waals surface area contributed by atoms with Crippen molar-refractivity contribution < 1.29 is 4.79 Å². The van der Waals surface area contributed by atoms with Crippen molar-refractivity contribution in [3.8, 4) is 17.2 Å². The van der Waals surface area contributed by atoms with E-state index in [-0.39, 0.29) is 11.9 Å². The normalized spacial score (nSPS) is 18.4. The number of nitrogens with one attached hydrogen (secondary N) is 1. The molecule has 0 aliphatic carbocycles. The Balaban J connectivity index is 1.32. The number of nitrogens with zero attached hydrogens (tertiary/aromatic N) is 5. The van der Waals surface area contributed by atoms with Crippen LogP contribution < -0.4 is 0 Å². The van der Waals surface area contributed by atoms with Gasteiger partial charge in [0.25, 0.3) is 5.91 Å². The smallest absolute Gasteiger partial charge is 0.254 e. The van der Waals surface area contributed by atoms with Crippen molar-refractivity contribution in [1.29, 1.82) is 5.26 Å². The fraction of sp³-hybridized carbons (Fsp3) is 0.250.